The van der Waals surface area contributed by atoms with Gasteiger partial charge < -0.3 is 5.32 Å². The number of aromatic nitrogens is 1. The standard InChI is InChI=1S/C10H13BrClN3O3S/c1-2-13-9(16)3-4-15-19(17,18)8-5-7(11)6-14-10(8)12/h5-6,15H,2-4H2,1H3,(H,13,16). The van der Waals surface area contributed by atoms with Crippen LogP contribution < -0.4 is 10.0 Å². The minimum absolute atomic E-state index is 0.00297. The number of pyridine rings is 1. The van der Waals surface area contributed by atoms with E-state index in [1.54, 1.807) is 6.92 Å². The molecule has 1 aromatic rings. The van der Waals surface area contributed by atoms with E-state index in [2.05, 4.69) is 31.0 Å². The quantitative estimate of drug-likeness (QED) is 0.739. The van der Waals surface area contributed by atoms with Gasteiger partial charge in [0.05, 0.1) is 0 Å². The second-order valence-corrected chi connectivity index (χ2v) is 6.55. The van der Waals surface area contributed by atoms with E-state index in [1.165, 1.54) is 12.3 Å². The van der Waals surface area contributed by atoms with Crippen molar-refractivity contribution in [1.29, 1.82) is 0 Å². The van der Waals surface area contributed by atoms with E-state index in [1.807, 2.05) is 0 Å². The van der Waals surface area contributed by atoms with Gasteiger partial charge in [-0.3, -0.25) is 4.79 Å². The number of sulfonamides is 1. The molecule has 1 rings (SSSR count). The van der Waals surface area contributed by atoms with E-state index >= 15 is 0 Å². The molecule has 106 valence electrons. The third-order valence-corrected chi connectivity index (χ3v) is 4.40. The van der Waals surface area contributed by atoms with Gasteiger partial charge >= 0.3 is 0 Å². The minimum Gasteiger partial charge on any atom is -0.356 e. The summed E-state index contributed by atoms with van der Waals surface area (Å²) in [6.07, 6.45) is 1.46. The van der Waals surface area contributed by atoms with Crippen molar-refractivity contribution < 1.29 is 13.2 Å². The average Bonchev–Trinajstić information content (AvgIpc) is 2.32. The summed E-state index contributed by atoms with van der Waals surface area (Å²) in [5, 5.41) is 2.46. The Morgan fingerprint density at radius 3 is 2.84 bits per heavy atom. The first-order valence-corrected chi connectivity index (χ1v) is 8.09. The van der Waals surface area contributed by atoms with Gasteiger partial charge in [-0.2, -0.15) is 0 Å². The fraction of sp³-hybridized carbons (Fsp3) is 0.400. The summed E-state index contributed by atoms with van der Waals surface area (Å²) in [6.45, 7) is 2.29. The molecule has 9 heteroatoms. The second-order valence-electron chi connectivity index (χ2n) is 3.54. The Kier molecular flexibility index (Phi) is 6.18. The molecule has 0 fully saturated rings. The van der Waals surface area contributed by atoms with Gasteiger partial charge in [-0.05, 0) is 28.9 Å². The van der Waals surface area contributed by atoms with Crippen LogP contribution in [0.5, 0.6) is 0 Å². The molecule has 0 aromatic carbocycles. The molecule has 0 bridgehead atoms. The first kappa shape index (κ1) is 16.4. The Bertz CT molecular complexity index is 565. The van der Waals surface area contributed by atoms with E-state index in [-0.39, 0.29) is 28.9 Å². The number of rotatable bonds is 6. The lowest BCUT2D eigenvalue weighted by Crippen LogP contribution is -2.30. The van der Waals surface area contributed by atoms with E-state index in [0.717, 1.165) is 0 Å². The van der Waals surface area contributed by atoms with Crippen molar-refractivity contribution in [3.8, 4) is 0 Å². The Labute approximate surface area is 125 Å². The molecule has 1 heterocycles. The summed E-state index contributed by atoms with van der Waals surface area (Å²) in [5.74, 6) is -0.219. The molecule has 2 N–H and O–H groups in total. The highest BCUT2D eigenvalue weighted by atomic mass is 79.9. The molecule has 0 unspecified atom stereocenters. The topological polar surface area (TPSA) is 88.2 Å². The molecular formula is C10H13BrClN3O3S. The van der Waals surface area contributed by atoms with Crippen LogP contribution >= 0.6 is 27.5 Å². The minimum atomic E-state index is -3.78. The molecule has 19 heavy (non-hydrogen) atoms. The van der Waals surface area contributed by atoms with E-state index in [9.17, 15) is 13.2 Å². The van der Waals surface area contributed by atoms with Crippen LogP contribution in [0.25, 0.3) is 0 Å². The van der Waals surface area contributed by atoms with Gasteiger partial charge in [-0.15, -0.1) is 0 Å². The van der Waals surface area contributed by atoms with E-state index in [0.29, 0.717) is 11.0 Å². The van der Waals surface area contributed by atoms with Gasteiger partial charge in [0.1, 0.15) is 10.0 Å². The van der Waals surface area contributed by atoms with Gasteiger partial charge in [-0.25, -0.2) is 18.1 Å². The number of carbonyl (C=O) groups excluding carboxylic acids is 1. The molecule has 0 spiro atoms. The van der Waals surface area contributed by atoms with Crippen molar-refractivity contribution in [2.45, 2.75) is 18.2 Å². The molecule has 0 aliphatic carbocycles. The summed E-state index contributed by atoms with van der Waals surface area (Å²) >= 11 is 8.86. The van der Waals surface area contributed by atoms with Gasteiger partial charge in [0.15, 0.2) is 0 Å². The number of amides is 1. The molecular weight excluding hydrogens is 358 g/mol. The van der Waals surface area contributed by atoms with Gasteiger partial charge in [0.2, 0.25) is 15.9 Å². The molecule has 0 saturated heterocycles. The first-order chi connectivity index (χ1) is 8.86. The summed E-state index contributed by atoms with van der Waals surface area (Å²) in [4.78, 5) is 14.8. The lowest BCUT2D eigenvalue weighted by molar-refractivity contribution is -0.120. The highest BCUT2D eigenvalue weighted by Gasteiger charge is 2.19. The fourth-order valence-corrected chi connectivity index (χ4v) is 3.23. The Morgan fingerprint density at radius 2 is 2.21 bits per heavy atom. The van der Waals surface area contributed by atoms with Crippen LogP contribution in [-0.4, -0.2) is 32.4 Å². The number of hydrogen-bond donors (Lipinski definition) is 2. The molecule has 0 aliphatic heterocycles. The summed E-state index contributed by atoms with van der Waals surface area (Å²) < 4.78 is 26.7. The van der Waals surface area contributed by atoms with Gasteiger partial charge in [0.25, 0.3) is 0 Å². The molecule has 0 saturated carbocycles. The molecule has 6 nitrogen and oxygen atoms in total. The van der Waals surface area contributed by atoms with Crippen molar-refractivity contribution in [1.82, 2.24) is 15.0 Å². The van der Waals surface area contributed by atoms with Gasteiger partial charge in [0, 0.05) is 30.2 Å². The molecule has 0 aliphatic rings. The summed E-state index contributed by atoms with van der Waals surface area (Å²) in [6, 6.07) is 1.35. The van der Waals surface area contributed by atoms with Crippen molar-refractivity contribution in [2.24, 2.45) is 0 Å². The van der Waals surface area contributed by atoms with Gasteiger partial charge in [-0.1, -0.05) is 11.6 Å². The zero-order valence-electron chi connectivity index (χ0n) is 10.1. The first-order valence-electron chi connectivity index (χ1n) is 5.44. The largest absolute Gasteiger partial charge is 0.356 e. The zero-order chi connectivity index (χ0) is 14.5. The molecule has 1 amide bonds. The predicted octanol–water partition coefficient (Wildman–Crippen LogP) is 1.30. The highest BCUT2D eigenvalue weighted by molar-refractivity contribution is 9.10. The van der Waals surface area contributed by atoms with Crippen molar-refractivity contribution in [3.63, 3.8) is 0 Å². The smallest absolute Gasteiger partial charge is 0.243 e. The number of nitrogens with one attached hydrogen (secondary N) is 2. The van der Waals surface area contributed by atoms with E-state index in [4.69, 9.17) is 11.6 Å². The second kappa shape index (κ2) is 7.18. The zero-order valence-corrected chi connectivity index (χ0v) is 13.3. The summed E-state index contributed by atoms with van der Waals surface area (Å²) in [5.41, 5.74) is 0. The fourth-order valence-electron chi connectivity index (χ4n) is 1.25. The molecule has 0 radical (unpaired) electrons. The van der Waals surface area contributed by atoms with Crippen LogP contribution in [0.2, 0.25) is 5.15 Å². The van der Waals surface area contributed by atoms with Crippen LogP contribution in [-0.2, 0) is 14.8 Å². The predicted molar refractivity (Wildman–Crippen MR) is 75.4 cm³/mol. The normalized spacial score (nSPS) is 11.3. The third-order valence-electron chi connectivity index (χ3n) is 2.08. The maximum atomic E-state index is 12.0. The monoisotopic (exact) mass is 369 g/mol. The lowest BCUT2D eigenvalue weighted by atomic mass is 10.4. The third kappa shape index (κ3) is 5.06. The number of hydrogen-bond acceptors (Lipinski definition) is 4. The number of nitrogens with zero attached hydrogens (tertiary/aromatic N) is 1. The Morgan fingerprint density at radius 1 is 1.53 bits per heavy atom. The maximum Gasteiger partial charge on any atom is 0.243 e. The summed E-state index contributed by atoms with van der Waals surface area (Å²) in [7, 11) is -3.78. The Hall–Kier alpha value is -0.700. The Balaban J connectivity index is 2.71. The van der Waals surface area contributed by atoms with Crippen LogP contribution in [0, 0.1) is 0 Å². The molecule has 0 atom stereocenters. The van der Waals surface area contributed by atoms with Crippen LogP contribution in [0.15, 0.2) is 21.6 Å². The van der Waals surface area contributed by atoms with Crippen molar-refractivity contribution in [2.75, 3.05) is 13.1 Å². The SMILES string of the molecule is CCNC(=O)CCNS(=O)(=O)c1cc(Br)cnc1Cl. The van der Waals surface area contributed by atoms with E-state index < -0.39 is 10.0 Å². The van der Waals surface area contributed by atoms with Crippen molar-refractivity contribution in [3.05, 3.63) is 21.9 Å². The number of carbonyl (C=O) groups is 1. The van der Waals surface area contributed by atoms with Crippen molar-refractivity contribution >= 4 is 43.5 Å². The van der Waals surface area contributed by atoms with Crippen LogP contribution in [0.3, 0.4) is 0 Å². The lowest BCUT2D eigenvalue weighted by Gasteiger charge is -2.08. The maximum absolute atomic E-state index is 12.0. The molecule has 1 aromatic heterocycles. The van der Waals surface area contributed by atoms with Crippen LogP contribution in [0.1, 0.15) is 13.3 Å². The average molecular weight is 371 g/mol. The highest BCUT2D eigenvalue weighted by Crippen LogP contribution is 2.22. The number of halogens is 2. The van der Waals surface area contributed by atoms with Crippen LogP contribution in [0.4, 0.5) is 0 Å².